The Morgan fingerprint density at radius 1 is 1.43 bits per heavy atom. The zero-order valence-corrected chi connectivity index (χ0v) is 13.7. The maximum Gasteiger partial charge on any atom is 0.417 e. The highest BCUT2D eigenvalue weighted by Gasteiger charge is 2.54. The van der Waals surface area contributed by atoms with E-state index in [1.807, 2.05) is 18.4 Å². The number of amidine groups is 1. The summed E-state index contributed by atoms with van der Waals surface area (Å²) in [5.41, 5.74) is 0.890. The van der Waals surface area contributed by atoms with E-state index >= 15 is 0 Å². The third-order valence-corrected chi connectivity index (χ3v) is 4.06. The summed E-state index contributed by atoms with van der Waals surface area (Å²) < 4.78 is 1.91. The van der Waals surface area contributed by atoms with E-state index in [0.717, 1.165) is 12.1 Å². The number of imide groups is 1. The summed E-state index contributed by atoms with van der Waals surface area (Å²) in [5.74, 6) is 0.861. The van der Waals surface area contributed by atoms with Crippen molar-refractivity contribution in [2.24, 2.45) is 10.1 Å². The summed E-state index contributed by atoms with van der Waals surface area (Å²) in [7, 11) is 1.66. The van der Waals surface area contributed by atoms with Gasteiger partial charge in [-0.3, -0.25) is 14.6 Å². The molecule has 3 rings (SSSR count). The SMILES string of the molecule is C=CCN1N=C(C)C[N+]2=C1N=C1C2C(=O)N(CCC)C(=O)N1C. The molecule has 1 atom stereocenters. The molecule has 0 bridgehead atoms. The van der Waals surface area contributed by atoms with Crippen molar-refractivity contribution in [3.63, 3.8) is 0 Å². The molecule has 1 saturated heterocycles. The molecule has 0 spiro atoms. The van der Waals surface area contributed by atoms with Crippen molar-refractivity contribution in [3.8, 4) is 0 Å². The zero-order chi connectivity index (χ0) is 16.7. The Bertz CT molecular complexity index is 677. The number of amides is 3. The molecule has 0 aliphatic carbocycles. The average molecular weight is 317 g/mol. The van der Waals surface area contributed by atoms with Gasteiger partial charge >= 0.3 is 12.0 Å². The van der Waals surface area contributed by atoms with E-state index < -0.39 is 6.04 Å². The van der Waals surface area contributed by atoms with Crippen LogP contribution in [0.15, 0.2) is 22.7 Å². The molecule has 0 radical (unpaired) electrons. The van der Waals surface area contributed by atoms with Gasteiger partial charge in [0.2, 0.25) is 11.9 Å². The summed E-state index contributed by atoms with van der Waals surface area (Å²) in [6, 6.07) is -0.878. The molecule has 1 unspecified atom stereocenters. The largest absolute Gasteiger partial charge is 0.417 e. The van der Waals surface area contributed by atoms with Gasteiger partial charge in [0, 0.05) is 13.6 Å². The number of nitrogens with zero attached hydrogens (tertiary/aromatic N) is 6. The number of hydrogen-bond acceptors (Lipinski definition) is 5. The number of carbonyl (C=O) groups is 2. The van der Waals surface area contributed by atoms with E-state index in [1.54, 1.807) is 18.1 Å². The number of carbonyl (C=O) groups excluding carboxylic acids is 2. The maximum absolute atomic E-state index is 12.8. The van der Waals surface area contributed by atoms with Gasteiger partial charge in [-0.15, -0.1) is 10.1 Å². The van der Waals surface area contributed by atoms with E-state index in [2.05, 4.69) is 16.7 Å². The van der Waals surface area contributed by atoms with Crippen molar-refractivity contribution < 1.29 is 14.2 Å². The molecular formula is C15H21N6O2+. The monoisotopic (exact) mass is 317 g/mol. The van der Waals surface area contributed by atoms with E-state index in [4.69, 9.17) is 0 Å². The zero-order valence-electron chi connectivity index (χ0n) is 13.7. The molecule has 0 aromatic heterocycles. The van der Waals surface area contributed by atoms with Gasteiger partial charge in [-0.2, -0.15) is 0 Å². The lowest BCUT2D eigenvalue weighted by Gasteiger charge is -2.34. The van der Waals surface area contributed by atoms with Crippen LogP contribution in [0.1, 0.15) is 20.3 Å². The number of hydrogen-bond donors (Lipinski definition) is 0. The van der Waals surface area contributed by atoms with E-state index in [1.165, 1.54) is 9.80 Å². The van der Waals surface area contributed by atoms with Crippen LogP contribution < -0.4 is 0 Å². The average Bonchev–Trinajstić information content (AvgIpc) is 2.89. The first-order valence-corrected chi connectivity index (χ1v) is 7.73. The number of rotatable bonds is 4. The normalized spacial score (nSPS) is 23.8. The van der Waals surface area contributed by atoms with Gasteiger partial charge in [-0.1, -0.05) is 24.6 Å². The molecule has 3 amide bonds. The van der Waals surface area contributed by atoms with Gasteiger partial charge < -0.3 is 0 Å². The van der Waals surface area contributed by atoms with E-state index in [-0.39, 0.29) is 11.9 Å². The first kappa shape index (κ1) is 15.4. The Morgan fingerprint density at radius 2 is 2.17 bits per heavy atom. The second-order valence-electron chi connectivity index (χ2n) is 5.84. The van der Waals surface area contributed by atoms with Crippen molar-refractivity contribution >= 4 is 29.4 Å². The summed E-state index contributed by atoms with van der Waals surface area (Å²) >= 11 is 0. The molecular weight excluding hydrogens is 296 g/mol. The highest BCUT2D eigenvalue weighted by Crippen LogP contribution is 2.22. The highest BCUT2D eigenvalue weighted by molar-refractivity contribution is 6.23. The fourth-order valence-corrected chi connectivity index (χ4v) is 3.08. The van der Waals surface area contributed by atoms with Gasteiger partial charge in [0.15, 0.2) is 0 Å². The van der Waals surface area contributed by atoms with Crippen LogP contribution >= 0.6 is 0 Å². The molecule has 8 nitrogen and oxygen atoms in total. The number of aliphatic imine (C=N–C) groups is 1. The van der Waals surface area contributed by atoms with Crippen LogP contribution in [0, 0.1) is 0 Å². The van der Waals surface area contributed by atoms with Gasteiger partial charge in [-0.05, 0) is 13.3 Å². The van der Waals surface area contributed by atoms with E-state index in [0.29, 0.717) is 31.4 Å². The first-order chi connectivity index (χ1) is 11.0. The van der Waals surface area contributed by atoms with Crippen LogP contribution in [0.25, 0.3) is 0 Å². The highest BCUT2D eigenvalue weighted by atomic mass is 16.2. The summed E-state index contributed by atoms with van der Waals surface area (Å²) in [4.78, 5) is 32.6. The molecule has 3 aliphatic heterocycles. The van der Waals surface area contributed by atoms with Crippen LogP contribution in [0.3, 0.4) is 0 Å². The van der Waals surface area contributed by atoms with Crippen molar-refractivity contribution in [2.75, 3.05) is 26.7 Å². The predicted octanol–water partition coefficient (Wildman–Crippen LogP) is 0.317. The van der Waals surface area contributed by atoms with Gasteiger partial charge in [0.1, 0.15) is 13.1 Å². The van der Waals surface area contributed by atoms with Crippen molar-refractivity contribution in [1.29, 1.82) is 0 Å². The van der Waals surface area contributed by atoms with Crippen LogP contribution in [-0.4, -0.2) is 81.6 Å². The fourth-order valence-electron chi connectivity index (χ4n) is 3.08. The lowest BCUT2D eigenvalue weighted by molar-refractivity contribution is -0.527. The Labute approximate surface area is 135 Å². The quantitative estimate of drug-likeness (QED) is 0.554. The minimum atomic E-state index is -0.558. The Balaban J connectivity index is 2.02. The van der Waals surface area contributed by atoms with Crippen LogP contribution in [0.5, 0.6) is 0 Å². The lowest BCUT2D eigenvalue weighted by atomic mass is 10.1. The number of likely N-dealkylation sites (N-methyl/N-ethyl adjacent to an activating group) is 1. The number of guanidine groups is 1. The summed E-state index contributed by atoms with van der Waals surface area (Å²) in [6.45, 7) is 9.02. The van der Waals surface area contributed by atoms with E-state index in [9.17, 15) is 9.59 Å². The van der Waals surface area contributed by atoms with Crippen molar-refractivity contribution in [1.82, 2.24) is 14.8 Å². The molecule has 23 heavy (non-hydrogen) atoms. The number of urea groups is 1. The molecule has 0 saturated carbocycles. The fraction of sp³-hybridized carbons (Fsp3) is 0.533. The molecule has 3 heterocycles. The summed E-state index contributed by atoms with van der Waals surface area (Å²) in [5, 5.41) is 6.18. The van der Waals surface area contributed by atoms with Crippen LogP contribution in [-0.2, 0) is 4.79 Å². The molecule has 1 fully saturated rings. The smallest absolute Gasteiger partial charge is 0.270 e. The minimum absolute atomic E-state index is 0.211. The third kappa shape index (κ3) is 2.25. The second-order valence-corrected chi connectivity index (χ2v) is 5.84. The second kappa shape index (κ2) is 5.60. The van der Waals surface area contributed by atoms with Crippen LogP contribution in [0.4, 0.5) is 4.79 Å². The predicted molar refractivity (Wildman–Crippen MR) is 86.5 cm³/mol. The maximum atomic E-state index is 12.8. The van der Waals surface area contributed by atoms with Gasteiger partial charge in [0.05, 0.1) is 5.71 Å². The lowest BCUT2D eigenvalue weighted by Crippen LogP contribution is -2.63. The van der Waals surface area contributed by atoms with Gasteiger partial charge in [0.25, 0.3) is 5.91 Å². The first-order valence-electron chi connectivity index (χ1n) is 7.73. The van der Waals surface area contributed by atoms with Crippen molar-refractivity contribution in [3.05, 3.63) is 12.7 Å². The Hall–Kier alpha value is -2.51. The Kier molecular flexibility index (Phi) is 3.75. The van der Waals surface area contributed by atoms with Crippen molar-refractivity contribution in [2.45, 2.75) is 26.3 Å². The summed E-state index contributed by atoms with van der Waals surface area (Å²) in [6.07, 6.45) is 2.46. The molecule has 3 aliphatic rings. The minimum Gasteiger partial charge on any atom is -0.270 e. The molecule has 122 valence electrons. The third-order valence-electron chi connectivity index (χ3n) is 4.06. The Morgan fingerprint density at radius 3 is 2.83 bits per heavy atom. The molecule has 0 aromatic rings. The number of hydrazone groups is 1. The molecule has 0 N–H and O–H groups in total. The van der Waals surface area contributed by atoms with Gasteiger partial charge in [-0.25, -0.2) is 9.37 Å². The topological polar surface area (TPSA) is 71.6 Å². The number of fused-ring (bicyclic) bond motifs is 2. The molecule has 0 aromatic carbocycles. The molecule has 8 heteroatoms. The van der Waals surface area contributed by atoms with Crippen LogP contribution in [0.2, 0.25) is 0 Å². The standard InChI is InChI=1S/C15H21N6O2/c1-5-7-19-13(22)11-12(18(4)15(19)23)16-14-20(11)9-10(3)17-21(14)8-6-2/h6,11H,2,5,7-9H2,1,3-4H3/q+1.